The standard InChI is InChI=1S/C22H22F4N6O2/c1-10(12-4-3-5-13(19(12)24)20(25)26)28-21-14-6-18(27-7-16(14)29-11(2)30-21)32-8-15(23)17(9-32)31-22(33)34/h3-7,10,15,17,20,31H,8-9H2,1-2H3,(H,33,34)(H,28,29,30)/t10?,15-,17+/m0/s1. The summed E-state index contributed by atoms with van der Waals surface area (Å²) in [6.07, 6.45) is -4.18. The second-order valence-electron chi connectivity index (χ2n) is 8.07. The van der Waals surface area contributed by atoms with E-state index in [-0.39, 0.29) is 18.7 Å². The van der Waals surface area contributed by atoms with Crippen molar-refractivity contribution in [3.8, 4) is 0 Å². The summed E-state index contributed by atoms with van der Waals surface area (Å²) in [5.41, 5.74) is -0.149. The van der Waals surface area contributed by atoms with Crippen molar-refractivity contribution < 1.29 is 27.5 Å². The molecular formula is C22H22F4N6O2. The number of nitrogens with one attached hydrogen (secondary N) is 2. The molecule has 0 spiro atoms. The minimum atomic E-state index is -2.94. The Kier molecular flexibility index (Phi) is 6.40. The highest BCUT2D eigenvalue weighted by Crippen LogP contribution is 2.31. The maximum Gasteiger partial charge on any atom is 0.405 e. The number of fused-ring (bicyclic) bond motifs is 1. The van der Waals surface area contributed by atoms with Crippen LogP contribution in [0.2, 0.25) is 0 Å². The van der Waals surface area contributed by atoms with Crippen molar-refractivity contribution in [3.63, 3.8) is 0 Å². The Hall–Kier alpha value is -3.70. The summed E-state index contributed by atoms with van der Waals surface area (Å²) in [6, 6.07) is 3.85. The van der Waals surface area contributed by atoms with Crippen LogP contribution in [0.25, 0.3) is 10.9 Å². The fourth-order valence-electron chi connectivity index (χ4n) is 4.02. The van der Waals surface area contributed by atoms with Crippen molar-refractivity contribution in [1.82, 2.24) is 20.3 Å². The van der Waals surface area contributed by atoms with Gasteiger partial charge in [-0.1, -0.05) is 18.2 Å². The van der Waals surface area contributed by atoms with Gasteiger partial charge in [0.2, 0.25) is 0 Å². The zero-order valence-electron chi connectivity index (χ0n) is 18.3. The lowest BCUT2D eigenvalue weighted by atomic mass is 10.0. The Morgan fingerprint density at radius 3 is 2.68 bits per heavy atom. The number of aromatic nitrogens is 3. The van der Waals surface area contributed by atoms with E-state index in [9.17, 15) is 22.4 Å². The number of nitrogens with zero attached hydrogens (tertiary/aromatic N) is 4. The van der Waals surface area contributed by atoms with Crippen molar-refractivity contribution in [1.29, 1.82) is 0 Å². The van der Waals surface area contributed by atoms with Crippen LogP contribution in [0.4, 0.5) is 34.0 Å². The third-order valence-corrected chi connectivity index (χ3v) is 5.67. The SMILES string of the molecule is Cc1nc(NC(C)c2cccc(C(F)F)c2F)c2cc(N3C[C@H](F)[C@H](NC(=O)O)C3)ncc2n1. The summed E-state index contributed by atoms with van der Waals surface area (Å²) in [7, 11) is 0. The summed E-state index contributed by atoms with van der Waals surface area (Å²) >= 11 is 0. The molecule has 1 aliphatic heterocycles. The minimum Gasteiger partial charge on any atom is -0.465 e. The number of alkyl halides is 3. The Balaban J connectivity index is 1.66. The number of halogens is 4. The highest BCUT2D eigenvalue weighted by atomic mass is 19.3. The lowest BCUT2D eigenvalue weighted by Gasteiger charge is -2.20. The van der Waals surface area contributed by atoms with Crippen molar-refractivity contribution in [2.75, 3.05) is 23.3 Å². The second kappa shape index (κ2) is 9.27. The van der Waals surface area contributed by atoms with E-state index >= 15 is 0 Å². The Bertz CT molecular complexity index is 1230. The number of benzene rings is 1. The third-order valence-electron chi connectivity index (χ3n) is 5.67. The number of carboxylic acid groups (broad SMARTS) is 1. The number of amides is 1. The lowest BCUT2D eigenvalue weighted by molar-refractivity contribution is 0.146. The third kappa shape index (κ3) is 4.66. The molecule has 0 saturated carbocycles. The van der Waals surface area contributed by atoms with Gasteiger partial charge in [0, 0.05) is 17.5 Å². The molecule has 3 aromatic rings. The number of carbonyl (C=O) groups is 1. The fourth-order valence-corrected chi connectivity index (χ4v) is 4.02. The van der Waals surface area contributed by atoms with Crippen LogP contribution in [0, 0.1) is 12.7 Å². The van der Waals surface area contributed by atoms with Gasteiger partial charge in [-0.2, -0.15) is 0 Å². The van der Waals surface area contributed by atoms with Crippen LogP contribution >= 0.6 is 0 Å². The van der Waals surface area contributed by atoms with Gasteiger partial charge in [0.15, 0.2) is 0 Å². The Morgan fingerprint density at radius 2 is 1.97 bits per heavy atom. The summed E-state index contributed by atoms with van der Waals surface area (Å²) in [5.74, 6) is 0.141. The second-order valence-corrected chi connectivity index (χ2v) is 8.07. The van der Waals surface area contributed by atoms with Crippen LogP contribution in [0.1, 0.15) is 36.3 Å². The molecule has 0 aliphatic carbocycles. The highest BCUT2D eigenvalue weighted by molar-refractivity contribution is 5.90. The van der Waals surface area contributed by atoms with Gasteiger partial charge < -0.3 is 20.6 Å². The molecule has 12 heteroatoms. The zero-order chi connectivity index (χ0) is 24.6. The molecule has 34 heavy (non-hydrogen) atoms. The molecule has 1 fully saturated rings. The Labute approximate surface area is 192 Å². The van der Waals surface area contributed by atoms with Crippen LogP contribution in [0.15, 0.2) is 30.5 Å². The number of aryl methyl sites for hydroxylation is 1. The molecule has 180 valence electrons. The van der Waals surface area contributed by atoms with Gasteiger partial charge in [0.25, 0.3) is 6.43 Å². The zero-order valence-corrected chi connectivity index (χ0v) is 18.3. The first-order valence-corrected chi connectivity index (χ1v) is 10.5. The predicted molar refractivity (Wildman–Crippen MR) is 118 cm³/mol. The lowest BCUT2D eigenvalue weighted by Crippen LogP contribution is -2.40. The molecule has 4 rings (SSSR count). The molecule has 1 unspecified atom stereocenters. The van der Waals surface area contributed by atoms with Crippen molar-refractivity contribution >= 4 is 28.6 Å². The molecule has 3 heterocycles. The highest BCUT2D eigenvalue weighted by Gasteiger charge is 2.35. The van der Waals surface area contributed by atoms with Gasteiger partial charge in [-0.05, 0) is 19.9 Å². The minimum absolute atomic E-state index is 0.0545. The van der Waals surface area contributed by atoms with Crippen molar-refractivity contribution in [2.45, 2.75) is 38.5 Å². The van der Waals surface area contributed by atoms with Gasteiger partial charge in [-0.3, -0.25) is 0 Å². The molecule has 0 bridgehead atoms. The van der Waals surface area contributed by atoms with Gasteiger partial charge in [-0.15, -0.1) is 0 Å². The van der Waals surface area contributed by atoms with E-state index in [1.807, 2.05) is 0 Å². The molecule has 1 aromatic carbocycles. The first-order valence-electron chi connectivity index (χ1n) is 10.5. The molecule has 2 aromatic heterocycles. The quantitative estimate of drug-likeness (QED) is 0.452. The van der Waals surface area contributed by atoms with E-state index < -0.39 is 42.2 Å². The van der Waals surface area contributed by atoms with Crippen molar-refractivity contribution in [3.05, 3.63) is 53.2 Å². The number of rotatable bonds is 6. The van der Waals surface area contributed by atoms with Gasteiger partial charge in [0.05, 0.1) is 35.9 Å². The van der Waals surface area contributed by atoms with E-state index in [4.69, 9.17) is 5.11 Å². The van der Waals surface area contributed by atoms with Crippen LogP contribution < -0.4 is 15.5 Å². The van der Waals surface area contributed by atoms with Gasteiger partial charge >= 0.3 is 6.09 Å². The van der Waals surface area contributed by atoms with E-state index in [1.165, 1.54) is 18.3 Å². The first-order chi connectivity index (χ1) is 16.1. The average Bonchev–Trinajstić information content (AvgIpc) is 3.12. The van der Waals surface area contributed by atoms with E-state index in [0.717, 1.165) is 6.07 Å². The largest absolute Gasteiger partial charge is 0.465 e. The topological polar surface area (TPSA) is 103 Å². The molecule has 0 radical (unpaired) electrons. The number of pyridine rings is 1. The van der Waals surface area contributed by atoms with E-state index in [2.05, 4.69) is 25.6 Å². The van der Waals surface area contributed by atoms with E-state index in [1.54, 1.807) is 24.8 Å². The molecular weight excluding hydrogens is 456 g/mol. The van der Waals surface area contributed by atoms with Gasteiger partial charge in [0.1, 0.15) is 29.4 Å². The van der Waals surface area contributed by atoms with Crippen LogP contribution in [-0.4, -0.2) is 51.5 Å². The van der Waals surface area contributed by atoms with Crippen LogP contribution in [0.5, 0.6) is 0 Å². The maximum absolute atomic E-state index is 14.6. The summed E-state index contributed by atoms with van der Waals surface area (Å²) < 4.78 is 55.2. The molecule has 3 atom stereocenters. The summed E-state index contributed by atoms with van der Waals surface area (Å²) in [4.78, 5) is 25.5. The monoisotopic (exact) mass is 478 g/mol. The average molecular weight is 478 g/mol. The van der Waals surface area contributed by atoms with Crippen molar-refractivity contribution in [2.24, 2.45) is 0 Å². The van der Waals surface area contributed by atoms with Crippen LogP contribution in [0.3, 0.4) is 0 Å². The predicted octanol–water partition coefficient (Wildman–Crippen LogP) is 4.38. The number of anilines is 2. The normalized spacial score (nSPS) is 19.0. The maximum atomic E-state index is 14.6. The fraction of sp³-hybridized carbons (Fsp3) is 0.364. The van der Waals surface area contributed by atoms with Crippen LogP contribution in [-0.2, 0) is 0 Å². The smallest absolute Gasteiger partial charge is 0.405 e. The first kappa shape index (κ1) is 23.5. The molecule has 8 nitrogen and oxygen atoms in total. The molecule has 1 amide bonds. The molecule has 1 saturated heterocycles. The van der Waals surface area contributed by atoms with Gasteiger partial charge in [-0.25, -0.2) is 37.3 Å². The summed E-state index contributed by atoms with van der Waals surface area (Å²) in [6.45, 7) is 3.32. The van der Waals surface area contributed by atoms with E-state index in [0.29, 0.717) is 28.4 Å². The molecule has 3 N–H and O–H groups in total. The number of hydrogen-bond donors (Lipinski definition) is 3. The summed E-state index contributed by atoms with van der Waals surface area (Å²) in [5, 5.41) is 14.6. The molecule has 1 aliphatic rings. The number of hydrogen-bond acceptors (Lipinski definition) is 6. The Morgan fingerprint density at radius 1 is 1.24 bits per heavy atom.